The molecule has 1 saturated heterocycles. The number of likely N-dealkylation sites (tertiary alicyclic amines) is 1. The summed E-state index contributed by atoms with van der Waals surface area (Å²) in [4.78, 5) is 7.01. The van der Waals surface area contributed by atoms with Gasteiger partial charge in [0.25, 0.3) is 0 Å². The number of aromatic nitrogens is 3. The van der Waals surface area contributed by atoms with E-state index in [4.69, 9.17) is 5.73 Å². The van der Waals surface area contributed by atoms with Crippen LogP contribution in [0.1, 0.15) is 35.5 Å². The van der Waals surface area contributed by atoms with Crippen LogP contribution in [0.4, 0.5) is 5.82 Å². The Kier molecular flexibility index (Phi) is 4.66. The average Bonchev–Trinajstić information content (AvgIpc) is 2.76. The van der Waals surface area contributed by atoms with Gasteiger partial charge in [0, 0.05) is 37.6 Å². The van der Waals surface area contributed by atoms with E-state index in [1.54, 1.807) is 0 Å². The zero-order chi connectivity index (χ0) is 16.4. The molecule has 2 aromatic heterocycles. The predicted molar refractivity (Wildman–Crippen MR) is 93.0 cm³/mol. The molecule has 1 aliphatic rings. The summed E-state index contributed by atoms with van der Waals surface area (Å²) in [6, 6.07) is 6.45. The fraction of sp³-hybridized carbons (Fsp3) is 0.556. The lowest BCUT2D eigenvalue weighted by atomic mass is 9.91. The third kappa shape index (κ3) is 4.10. The number of piperidine rings is 1. The van der Waals surface area contributed by atoms with Gasteiger partial charge < -0.3 is 5.73 Å². The summed E-state index contributed by atoms with van der Waals surface area (Å²) in [5.41, 5.74) is 10.6. The first-order chi connectivity index (χ1) is 11.0. The minimum atomic E-state index is 0.610. The summed E-state index contributed by atoms with van der Waals surface area (Å²) in [5, 5.41) is 4.24. The average molecular weight is 313 g/mol. The lowest BCUT2D eigenvalue weighted by Gasteiger charge is -2.32. The first-order valence-corrected chi connectivity index (χ1v) is 8.44. The maximum atomic E-state index is 5.79. The number of hydrogen-bond acceptors (Lipinski definition) is 4. The molecule has 0 bridgehead atoms. The van der Waals surface area contributed by atoms with Crippen LogP contribution in [-0.4, -0.2) is 32.8 Å². The molecule has 2 N–H and O–H groups in total. The van der Waals surface area contributed by atoms with E-state index in [1.165, 1.54) is 24.1 Å². The molecular formula is C18H27N5. The van der Waals surface area contributed by atoms with Gasteiger partial charge in [-0.1, -0.05) is 0 Å². The van der Waals surface area contributed by atoms with Crippen LogP contribution in [0.2, 0.25) is 0 Å². The molecule has 0 aromatic carbocycles. The molecule has 0 saturated carbocycles. The molecule has 0 spiro atoms. The Bertz CT molecular complexity index is 656. The third-order valence-electron chi connectivity index (χ3n) is 4.65. The summed E-state index contributed by atoms with van der Waals surface area (Å²) < 4.78 is 1.90. The van der Waals surface area contributed by atoms with Gasteiger partial charge in [-0.2, -0.15) is 5.10 Å². The van der Waals surface area contributed by atoms with Gasteiger partial charge in [0.1, 0.15) is 5.82 Å². The van der Waals surface area contributed by atoms with Gasteiger partial charge >= 0.3 is 0 Å². The summed E-state index contributed by atoms with van der Waals surface area (Å²) >= 11 is 0. The molecule has 3 rings (SSSR count). The number of pyridine rings is 1. The quantitative estimate of drug-likeness (QED) is 0.942. The van der Waals surface area contributed by atoms with Crippen LogP contribution in [0, 0.1) is 19.8 Å². The molecule has 3 heterocycles. The number of hydrogen-bond donors (Lipinski definition) is 1. The molecule has 23 heavy (non-hydrogen) atoms. The maximum Gasteiger partial charge on any atom is 0.145 e. The van der Waals surface area contributed by atoms with E-state index in [1.807, 2.05) is 17.8 Å². The van der Waals surface area contributed by atoms with Gasteiger partial charge in [0.15, 0.2) is 0 Å². The molecular weight excluding hydrogens is 286 g/mol. The summed E-state index contributed by atoms with van der Waals surface area (Å²) in [7, 11) is 1.97. The fourth-order valence-electron chi connectivity index (χ4n) is 3.74. The van der Waals surface area contributed by atoms with Crippen LogP contribution in [0.25, 0.3) is 0 Å². The SMILES string of the molecule is Cc1cc(C[C@H]2CCCN(Cc3cc(N)nn3C)C2)cc(C)n1. The topological polar surface area (TPSA) is 60.0 Å². The van der Waals surface area contributed by atoms with Crippen LogP contribution < -0.4 is 5.73 Å². The number of nitrogen functional groups attached to an aromatic ring is 1. The minimum absolute atomic E-state index is 0.610. The van der Waals surface area contributed by atoms with Crippen LogP contribution in [-0.2, 0) is 20.0 Å². The molecule has 1 fully saturated rings. The normalized spacial score (nSPS) is 19.2. The second-order valence-electron chi connectivity index (χ2n) is 6.89. The fourth-order valence-corrected chi connectivity index (χ4v) is 3.74. The Labute approximate surface area is 138 Å². The van der Waals surface area contributed by atoms with Gasteiger partial charge in [0.05, 0.1) is 5.69 Å². The molecule has 1 atom stereocenters. The second kappa shape index (κ2) is 6.71. The maximum absolute atomic E-state index is 5.79. The van der Waals surface area contributed by atoms with Gasteiger partial charge in [-0.3, -0.25) is 14.6 Å². The Morgan fingerprint density at radius 3 is 2.61 bits per heavy atom. The van der Waals surface area contributed by atoms with Crippen molar-refractivity contribution in [1.29, 1.82) is 0 Å². The molecule has 5 heteroatoms. The smallest absolute Gasteiger partial charge is 0.145 e. The molecule has 0 radical (unpaired) electrons. The van der Waals surface area contributed by atoms with Gasteiger partial charge in [-0.15, -0.1) is 0 Å². The van der Waals surface area contributed by atoms with E-state index in [9.17, 15) is 0 Å². The van der Waals surface area contributed by atoms with Gasteiger partial charge in [-0.05, 0) is 63.3 Å². The number of nitrogens with two attached hydrogens (primary N) is 1. The van der Waals surface area contributed by atoms with Crippen LogP contribution >= 0.6 is 0 Å². The van der Waals surface area contributed by atoms with Crippen molar-refractivity contribution in [2.45, 2.75) is 39.7 Å². The van der Waals surface area contributed by atoms with Crippen LogP contribution in [0.15, 0.2) is 18.2 Å². The molecule has 1 aliphatic heterocycles. The number of rotatable bonds is 4. The summed E-state index contributed by atoms with van der Waals surface area (Å²) in [6.07, 6.45) is 3.72. The summed E-state index contributed by atoms with van der Waals surface area (Å²) in [5.74, 6) is 1.33. The predicted octanol–water partition coefficient (Wildman–Crippen LogP) is 2.47. The molecule has 124 valence electrons. The lowest BCUT2D eigenvalue weighted by molar-refractivity contribution is 0.163. The Morgan fingerprint density at radius 2 is 1.96 bits per heavy atom. The highest BCUT2D eigenvalue weighted by Gasteiger charge is 2.21. The van der Waals surface area contributed by atoms with E-state index in [-0.39, 0.29) is 0 Å². The van der Waals surface area contributed by atoms with E-state index < -0.39 is 0 Å². The van der Waals surface area contributed by atoms with Crippen molar-refractivity contribution in [2.24, 2.45) is 13.0 Å². The zero-order valence-electron chi connectivity index (χ0n) is 14.4. The van der Waals surface area contributed by atoms with Crippen molar-refractivity contribution in [2.75, 3.05) is 18.8 Å². The third-order valence-corrected chi connectivity index (χ3v) is 4.65. The van der Waals surface area contributed by atoms with E-state index in [2.05, 4.69) is 41.0 Å². The number of aryl methyl sites for hydroxylation is 3. The Hall–Kier alpha value is -1.88. The van der Waals surface area contributed by atoms with Crippen molar-refractivity contribution in [1.82, 2.24) is 19.7 Å². The van der Waals surface area contributed by atoms with E-state index >= 15 is 0 Å². The lowest BCUT2D eigenvalue weighted by Crippen LogP contribution is -2.36. The van der Waals surface area contributed by atoms with Crippen molar-refractivity contribution < 1.29 is 0 Å². The number of anilines is 1. The van der Waals surface area contributed by atoms with Crippen LogP contribution in [0.3, 0.4) is 0 Å². The molecule has 0 aliphatic carbocycles. The van der Waals surface area contributed by atoms with Crippen molar-refractivity contribution in [3.8, 4) is 0 Å². The van der Waals surface area contributed by atoms with Crippen LogP contribution in [0.5, 0.6) is 0 Å². The number of nitrogens with zero attached hydrogens (tertiary/aromatic N) is 4. The highest BCUT2D eigenvalue weighted by atomic mass is 15.3. The molecule has 5 nitrogen and oxygen atoms in total. The first-order valence-electron chi connectivity index (χ1n) is 8.44. The Morgan fingerprint density at radius 1 is 1.22 bits per heavy atom. The minimum Gasteiger partial charge on any atom is -0.382 e. The largest absolute Gasteiger partial charge is 0.382 e. The van der Waals surface area contributed by atoms with Gasteiger partial charge in [0.2, 0.25) is 0 Å². The van der Waals surface area contributed by atoms with Crippen molar-refractivity contribution in [3.05, 3.63) is 40.8 Å². The monoisotopic (exact) mass is 313 g/mol. The highest BCUT2D eigenvalue weighted by Crippen LogP contribution is 2.23. The summed E-state index contributed by atoms with van der Waals surface area (Å²) in [6.45, 7) is 7.40. The molecule has 2 aromatic rings. The van der Waals surface area contributed by atoms with E-state index in [0.717, 1.165) is 43.4 Å². The highest BCUT2D eigenvalue weighted by molar-refractivity contribution is 5.29. The molecule has 0 unspecified atom stereocenters. The van der Waals surface area contributed by atoms with E-state index in [0.29, 0.717) is 5.82 Å². The van der Waals surface area contributed by atoms with Crippen molar-refractivity contribution >= 4 is 5.82 Å². The standard InChI is InChI=1S/C18H27N5/c1-13-7-16(8-14(2)20-13)9-15-5-4-6-23(11-15)12-17-10-18(19)21-22(17)3/h7-8,10,15H,4-6,9,11-12H2,1-3H3,(H2,19,21)/t15-/m1/s1. The van der Waals surface area contributed by atoms with Gasteiger partial charge in [-0.25, -0.2) is 0 Å². The first kappa shape index (κ1) is 16.0. The Balaban J connectivity index is 1.62. The molecule has 0 amide bonds. The second-order valence-corrected chi connectivity index (χ2v) is 6.89. The van der Waals surface area contributed by atoms with Crippen molar-refractivity contribution in [3.63, 3.8) is 0 Å². The zero-order valence-corrected chi connectivity index (χ0v) is 14.4.